The highest BCUT2D eigenvalue weighted by atomic mass is 16.6. The Hall–Kier alpha value is -7.28. The van der Waals surface area contributed by atoms with Crippen molar-refractivity contribution >= 4 is 47.4 Å². The number of amides is 6. The summed E-state index contributed by atoms with van der Waals surface area (Å²) in [4.78, 5) is 107. The number of nitrogens with one attached hydrogen (secondary N) is 2. The van der Waals surface area contributed by atoms with Crippen LogP contribution in [0.1, 0.15) is 182 Å². The predicted molar refractivity (Wildman–Crippen MR) is 407 cm³/mol. The Morgan fingerprint density at radius 3 is 0.896 bits per heavy atom. The van der Waals surface area contributed by atoms with Gasteiger partial charge in [-0.2, -0.15) is 0 Å². The number of likely N-dealkylation sites (tertiary alicyclic amines) is 2. The molecule has 0 saturated carbocycles. The van der Waals surface area contributed by atoms with Crippen molar-refractivity contribution in [2.75, 3.05) is 79.3 Å². The summed E-state index contributed by atoms with van der Waals surface area (Å²) in [5.41, 5.74) is 4.04. The van der Waals surface area contributed by atoms with Gasteiger partial charge in [-0.3, -0.25) is 48.2 Å². The lowest BCUT2D eigenvalue weighted by Gasteiger charge is -2.30. The number of hydrogen-bond acceptors (Lipinski definition) is 16. The van der Waals surface area contributed by atoms with E-state index in [1.165, 1.54) is 9.80 Å². The molecule has 0 spiro atoms. The Morgan fingerprint density at radius 1 is 0.377 bits per heavy atom. The van der Waals surface area contributed by atoms with Crippen LogP contribution in [0.15, 0.2) is 121 Å². The van der Waals surface area contributed by atoms with E-state index in [2.05, 4.69) is 24.5 Å². The van der Waals surface area contributed by atoms with Gasteiger partial charge in [-0.1, -0.05) is 177 Å². The molecule has 20 unspecified atom stereocenters. The van der Waals surface area contributed by atoms with Crippen molar-refractivity contribution in [3.8, 4) is 0 Å². The average Bonchev–Trinajstić information content (AvgIpc) is 1.63. The van der Waals surface area contributed by atoms with Crippen molar-refractivity contribution in [2.24, 2.45) is 47.3 Å². The van der Waals surface area contributed by atoms with Gasteiger partial charge in [0.1, 0.15) is 0 Å². The van der Waals surface area contributed by atoms with E-state index in [1.54, 1.807) is 13.8 Å². The first-order valence-electron chi connectivity index (χ1n) is 38.4. The minimum Gasteiger partial charge on any atom is -0.481 e. The number of imide groups is 2. The van der Waals surface area contributed by atoms with Gasteiger partial charge in [-0.15, -0.1) is 0 Å². The summed E-state index contributed by atoms with van der Waals surface area (Å²) in [5.74, 6) is -8.38. The Bertz CT molecular complexity index is 3060. The van der Waals surface area contributed by atoms with E-state index >= 15 is 0 Å². The highest BCUT2D eigenvalue weighted by Crippen LogP contribution is 2.43. The maximum Gasteiger partial charge on any atom is 0.307 e. The van der Waals surface area contributed by atoms with Gasteiger partial charge in [0.25, 0.3) is 0 Å². The van der Waals surface area contributed by atoms with E-state index in [-0.39, 0.29) is 158 Å². The first-order valence-corrected chi connectivity index (χ1v) is 38.4. The Balaban J connectivity index is 0.000000381. The zero-order valence-corrected chi connectivity index (χ0v) is 65.7. The topological polar surface area (TPSA) is 281 Å². The molecule has 588 valence electrons. The number of carbonyl (C=O) groups is 8. The number of carbonyl (C=O) groups excluding carboxylic acids is 6. The summed E-state index contributed by atoms with van der Waals surface area (Å²) in [7, 11) is 0. The predicted octanol–water partition coefficient (Wildman–Crippen LogP) is 12.1. The Morgan fingerprint density at radius 2 is 0.642 bits per heavy atom. The molecule has 4 aromatic carbocycles. The summed E-state index contributed by atoms with van der Waals surface area (Å²) in [6, 6.07) is 37.6. The lowest BCUT2D eigenvalue weighted by atomic mass is 9.76. The monoisotopic (exact) mass is 1480 g/mol. The van der Waals surface area contributed by atoms with Crippen molar-refractivity contribution < 1.29 is 86.5 Å². The average molecular weight is 1480 g/mol. The zero-order valence-electron chi connectivity index (χ0n) is 65.7. The van der Waals surface area contributed by atoms with Gasteiger partial charge >= 0.3 is 11.9 Å². The number of aliphatic carboxylic acids is 2. The number of carboxylic acid groups (broad SMARTS) is 2. The molecular weight excluding hydrogens is 1350 g/mol. The van der Waals surface area contributed by atoms with Crippen LogP contribution >= 0.6 is 0 Å². The zero-order chi connectivity index (χ0) is 78.2. The third-order valence-electron chi connectivity index (χ3n) is 20.6. The van der Waals surface area contributed by atoms with E-state index in [9.17, 15) is 48.6 Å². The molecule has 4 N–H and O–H groups in total. The fourth-order valence-corrected chi connectivity index (χ4v) is 14.6. The molecule has 20 atom stereocenters. The first kappa shape index (κ1) is 89.3. The molecule has 2 saturated heterocycles. The van der Waals surface area contributed by atoms with Crippen LogP contribution in [0.4, 0.5) is 0 Å². The normalized spacial score (nSPS) is 20.6. The number of rotatable bonds is 48. The maximum absolute atomic E-state index is 13.5. The van der Waals surface area contributed by atoms with Crippen molar-refractivity contribution in [1.29, 1.82) is 0 Å². The van der Waals surface area contributed by atoms with Crippen LogP contribution in [-0.4, -0.2) is 195 Å². The highest BCUT2D eigenvalue weighted by Gasteiger charge is 2.52. The second-order valence-corrected chi connectivity index (χ2v) is 29.1. The van der Waals surface area contributed by atoms with Gasteiger partial charge in [0, 0.05) is 23.9 Å². The molecule has 6 rings (SSSR count). The van der Waals surface area contributed by atoms with Gasteiger partial charge in [-0.25, -0.2) is 0 Å². The van der Waals surface area contributed by atoms with Crippen LogP contribution in [-0.2, 0) is 76.3 Å². The van der Waals surface area contributed by atoms with E-state index < -0.39 is 35.6 Å². The Labute approximate surface area is 630 Å². The fourth-order valence-electron chi connectivity index (χ4n) is 14.6. The molecule has 2 aliphatic rings. The van der Waals surface area contributed by atoms with Crippen LogP contribution in [0.2, 0.25) is 0 Å². The third kappa shape index (κ3) is 26.5. The number of nitrogens with zero attached hydrogens (tertiary/aromatic N) is 2. The van der Waals surface area contributed by atoms with Gasteiger partial charge < -0.3 is 58.7 Å². The maximum atomic E-state index is 13.5. The van der Waals surface area contributed by atoms with Crippen molar-refractivity contribution in [2.45, 2.75) is 209 Å². The summed E-state index contributed by atoms with van der Waals surface area (Å²) in [6.07, 6.45) is 1.83. The molecular formula is C84H124N4O18. The van der Waals surface area contributed by atoms with Crippen LogP contribution < -0.4 is 10.6 Å². The largest absolute Gasteiger partial charge is 0.481 e. The molecule has 2 fully saturated rings. The number of hydrogen-bond donors (Lipinski definition) is 4. The highest BCUT2D eigenvalue weighted by molar-refractivity contribution is 6.06. The van der Waals surface area contributed by atoms with Crippen LogP contribution in [0.5, 0.6) is 0 Å². The molecule has 4 aromatic rings. The lowest BCUT2D eigenvalue weighted by Crippen LogP contribution is -2.45. The van der Waals surface area contributed by atoms with Crippen molar-refractivity contribution in [3.63, 3.8) is 0 Å². The van der Waals surface area contributed by atoms with Gasteiger partial charge in [0.05, 0.1) is 151 Å². The molecule has 2 heterocycles. The number of carboxylic acids is 2. The Kier molecular flexibility index (Phi) is 38.9. The van der Waals surface area contributed by atoms with E-state index in [1.807, 2.05) is 204 Å². The molecule has 22 nitrogen and oxygen atoms in total. The molecule has 2 aliphatic heterocycles. The van der Waals surface area contributed by atoms with E-state index in [4.69, 9.17) is 37.9 Å². The molecule has 6 amide bonds. The minimum absolute atomic E-state index is 0.0131. The quantitative estimate of drug-likeness (QED) is 0.0236. The SMILES string of the molecule is CCC(c1ccccc1)C(C(=O)NC(C)COC(C)COCCOCC(C)OCC(C)NC(=O)C(C(C)C(=O)O)C(CC)c1ccccc1)C(C)C(=O)O.CCC(c1ccccc1)C1C(=O)N(C(C)COC(C)COCCOCC(C)OCC(C)N2C(=O)C(C)C(C(CC)c3ccccc3)C2=O)C(=O)C1C. The minimum atomic E-state index is -1.01. The summed E-state index contributed by atoms with van der Waals surface area (Å²) >= 11 is 0. The van der Waals surface area contributed by atoms with Crippen molar-refractivity contribution in [3.05, 3.63) is 144 Å². The summed E-state index contributed by atoms with van der Waals surface area (Å²) in [6.45, 7) is 33.5. The smallest absolute Gasteiger partial charge is 0.307 e. The number of ether oxygens (including phenoxy) is 8. The van der Waals surface area contributed by atoms with E-state index in [0.717, 1.165) is 35.1 Å². The second kappa shape index (κ2) is 46.2. The molecule has 0 radical (unpaired) electrons. The fraction of sp³-hybridized carbons (Fsp3) is 0.619. The molecule has 106 heavy (non-hydrogen) atoms. The van der Waals surface area contributed by atoms with Crippen LogP contribution in [0, 0.1) is 47.3 Å². The van der Waals surface area contributed by atoms with Gasteiger partial charge in [0.15, 0.2) is 0 Å². The van der Waals surface area contributed by atoms with Gasteiger partial charge in [-0.05, 0) is 127 Å². The van der Waals surface area contributed by atoms with Gasteiger partial charge in [0.2, 0.25) is 35.4 Å². The molecule has 0 aliphatic carbocycles. The molecule has 0 bridgehead atoms. The van der Waals surface area contributed by atoms with Crippen LogP contribution in [0.25, 0.3) is 0 Å². The summed E-state index contributed by atoms with van der Waals surface area (Å²) < 4.78 is 46.7. The molecule has 0 aromatic heterocycles. The first-order chi connectivity index (χ1) is 50.6. The molecule has 22 heteroatoms. The third-order valence-corrected chi connectivity index (χ3v) is 20.6. The lowest BCUT2D eigenvalue weighted by molar-refractivity contribution is -0.147. The standard InChI is InChI=1S/C42H64N2O10.C42H60N2O8/c1-9-35(33-17-13-11-14-18-33)37(31(7)41(47)48)39(45)43-27(3)23-53-29(5)25-51-21-22-52-26-30(6)54-24-28(4)44-40(46)38(32(8)42(49)50)36(10-2)34-19-15-12-16-20-34;1-9-35(33-17-13-11-14-18-33)37-31(7)39(45)43(41(37)47)27(3)23-51-29(5)25-49-21-22-50-26-30(6)52-24-28(4)44-40(46)32(8)38(42(44)48)36(10-2)34-19-15-12-16-20-34/h11-20,27-32,35-38H,9-10,21-26H2,1-8H3,(H,43,45)(H,44,46)(H,47,48)(H,49,50);11-20,27-32,35-38H,9-10,21-26H2,1-8H3. The van der Waals surface area contributed by atoms with E-state index in [0.29, 0.717) is 65.7 Å². The number of benzene rings is 4. The second-order valence-electron chi connectivity index (χ2n) is 29.1. The summed E-state index contributed by atoms with van der Waals surface area (Å²) in [5, 5.41) is 25.5. The van der Waals surface area contributed by atoms with Crippen molar-refractivity contribution in [1.82, 2.24) is 20.4 Å². The van der Waals surface area contributed by atoms with Crippen LogP contribution in [0.3, 0.4) is 0 Å².